The lowest BCUT2D eigenvalue weighted by Gasteiger charge is -2.34. The summed E-state index contributed by atoms with van der Waals surface area (Å²) in [5.41, 5.74) is -0.0512. The largest absolute Gasteiger partial charge is 0.310 e. The molecule has 0 atom stereocenters. The van der Waals surface area contributed by atoms with Crippen LogP contribution in [-0.4, -0.2) is 28.5 Å². The maximum absolute atomic E-state index is 13.5. The van der Waals surface area contributed by atoms with Crippen LogP contribution in [0.3, 0.4) is 0 Å². The van der Waals surface area contributed by atoms with Gasteiger partial charge in [-0.2, -0.15) is 5.10 Å². The highest BCUT2D eigenvalue weighted by molar-refractivity contribution is 5.11. The number of nitrogens with one attached hydrogen (secondary N) is 1. The molecular weight excluding hydrogens is 157 g/mol. The summed E-state index contributed by atoms with van der Waals surface area (Å²) < 4.78 is 15.2. The van der Waals surface area contributed by atoms with Gasteiger partial charge in [-0.25, -0.2) is 4.39 Å². The fourth-order valence-electron chi connectivity index (χ4n) is 1.45. The number of halogens is 1. The summed E-state index contributed by atoms with van der Waals surface area (Å²) in [6.45, 7) is 0.948. The number of hydrogen-bond donors (Lipinski definition) is 1. The van der Waals surface area contributed by atoms with Crippen LogP contribution < -0.4 is 5.32 Å². The van der Waals surface area contributed by atoms with Gasteiger partial charge in [0.1, 0.15) is 5.67 Å². The van der Waals surface area contributed by atoms with Crippen molar-refractivity contribution in [3.63, 3.8) is 0 Å². The van der Waals surface area contributed by atoms with Crippen LogP contribution in [0, 0.1) is 0 Å². The average molecular weight is 169 g/mol. The number of rotatable bonds is 2. The Kier molecular flexibility index (Phi) is 1.65. The predicted octanol–water partition coefficient (Wildman–Crippen LogP) is 0.274. The molecule has 0 aliphatic carbocycles. The molecule has 0 saturated carbocycles. The molecule has 0 unspecified atom stereocenters. The number of alkyl halides is 1. The minimum atomic E-state index is -1.02. The molecular formula is C8H12FN3. The summed E-state index contributed by atoms with van der Waals surface area (Å²) in [6.07, 6.45) is 4.06. The Morgan fingerprint density at radius 2 is 2.50 bits per heavy atom. The van der Waals surface area contributed by atoms with Gasteiger partial charge in [0.2, 0.25) is 0 Å². The van der Waals surface area contributed by atoms with E-state index in [0.717, 1.165) is 5.56 Å². The lowest BCUT2D eigenvalue weighted by atomic mass is 9.92. The van der Waals surface area contributed by atoms with Gasteiger partial charge in [0.25, 0.3) is 0 Å². The summed E-state index contributed by atoms with van der Waals surface area (Å²) in [4.78, 5) is 0. The van der Waals surface area contributed by atoms with Crippen LogP contribution in [-0.2, 0) is 13.5 Å². The van der Waals surface area contributed by atoms with Crippen molar-refractivity contribution < 1.29 is 4.39 Å². The van der Waals surface area contributed by atoms with Gasteiger partial charge in [0.05, 0.1) is 6.20 Å². The van der Waals surface area contributed by atoms with E-state index in [0.29, 0.717) is 19.5 Å². The third-order valence-electron chi connectivity index (χ3n) is 2.16. The molecule has 0 amide bonds. The van der Waals surface area contributed by atoms with E-state index in [1.54, 1.807) is 10.9 Å². The molecule has 1 aromatic rings. The zero-order chi connectivity index (χ0) is 8.60. The lowest BCUT2D eigenvalue weighted by molar-refractivity contribution is 0.0912. The molecule has 1 saturated heterocycles. The quantitative estimate of drug-likeness (QED) is 0.689. The van der Waals surface area contributed by atoms with Crippen molar-refractivity contribution in [3.05, 3.63) is 18.0 Å². The maximum atomic E-state index is 13.5. The molecule has 3 nitrogen and oxygen atoms in total. The zero-order valence-corrected chi connectivity index (χ0v) is 7.05. The third-order valence-corrected chi connectivity index (χ3v) is 2.16. The highest BCUT2D eigenvalue weighted by Crippen LogP contribution is 2.21. The third kappa shape index (κ3) is 1.34. The molecule has 66 valence electrons. The predicted molar refractivity (Wildman–Crippen MR) is 43.6 cm³/mol. The van der Waals surface area contributed by atoms with E-state index in [9.17, 15) is 4.39 Å². The van der Waals surface area contributed by atoms with Crippen molar-refractivity contribution in [1.29, 1.82) is 0 Å². The van der Waals surface area contributed by atoms with Crippen molar-refractivity contribution >= 4 is 0 Å². The van der Waals surface area contributed by atoms with E-state index < -0.39 is 5.67 Å². The smallest absolute Gasteiger partial charge is 0.139 e. The van der Waals surface area contributed by atoms with Gasteiger partial charge in [0.15, 0.2) is 0 Å². The van der Waals surface area contributed by atoms with Crippen molar-refractivity contribution in [2.45, 2.75) is 12.1 Å². The second kappa shape index (κ2) is 2.55. The summed E-state index contributed by atoms with van der Waals surface area (Å²) >= 11 is 0. The monoisotopic (exact) mass is 169 g/mol. The summed E-state index contributed by atoms with van der Waals surface area (Å²) in [7, 11) is 1.84. The summed E-state index contributed by atoms with van der Waals surface area (Å²) in [6, 6.07) is 0. The lowest BCUT2D eigenvalue weighted by Crippen LogP contribution is -2.57. The normalized spacial score (nSPS) is 20.5. The molecule has 0 spiro atoms. The number of nitrogens with zero attached hydrogens (tertiary/aromatic N) is 2. The molecule has 12 heavy (non-hydrogen) atoms. The first-order chi connectivity index (χ1) is 5.68. The van der Waals surface area contributed by atoms with E-state index in [4.69, 9.17) is 0 Å². The Balaban J connectivity index is 2.03. The number of aryl methyl sites for hydroxylation is 1. The molecule has 1 aliphatic rings. The first-order valence-electron chi connectivity index (χ1n) is 4.05. The van der Waals surface area contributed by atoms with E-state index in [-0.39, 0.29) is 0 Å². The van der Waals surface area contributed by atoms with Crippen molar-refractivity contribution in [2.24, 2.45) is 7.05 Å². The molecule has 0 radical (unpaired) electrons. The van der Waals surface area contributed by atoms with Gasteiger partial charge in [-0.15, -0.1) is 0 Å². The molecule has 2 rings (SSSR count). The Labute approximate surface area is 70.6 Å². The highest BCUT2D eigenvalue weighted by atomic mass is 19.1. The molecule has 1 fully saturated rings. The van der Waals surface area contributed by atoms with Crippen LogP contribution >= 0.6 is 0 Å². The minimum Gasteiger partial charge on any atom is -0.310 e. The van der Waals surface area contributed by atoms with Gasteiger partial charge in [-0.3, -0.25) is 4.68 Å². The van der Waals surface area contributed by atoms with Crippen LogP contribution in [0.4, 0.5) is 4.39 Å². The molecule has 0 aromatic carbocycles. The number of hydrogen-bond acceptors (Lipinski definition) is 2. The van der Waals surface area contributed by atoms with Crippen LogP contribution in [0.5, 0.6) is 0 Å². The Hall–Kier alpha value is -0.900. The first kappa shape index (κ1) is 7.73. The van der Waals surface area contributed by atoms with Gasteiger partial charge in [-0.1, -0.05) is 0 Å². The summed E-state index contributed by atoms with van der Waals surface area (Å²) in [5, 5.41) is 6.92. The zero-order valence-electron chi connectivity index (χ0n) is 7.05. The molecule has 0 bridgehead atoms. The highest BCUT2D eigenvalue weighted by Gasteiger charge is 2.37. The maximum Gasteiger partial charge on any atom is 0.139 e. The van der Waals surface area contributed by atoms with Crippen LogP contribution in [0.1, 0.15) is 5.56 Å². The van der Waals surface area contributed by atoms with E-state index in [1.165, 1.54) is 0 Å². The summed E-state index contributed by atoms with van der Waals surface area (Å²) in [5.74, 6) is 0. The van der Waals surface area contributed by atoms with E-state index in [1.807, 2.05) is 13.2 Å². The molecule has 1 aromatic heterocycles. The molecule has 4 heteroatoms. The second-order valence-electron chi connectivity index (χ2n) is 3.45. The standard InChI is InChI=1S/C8H12FN3/c1-12-4-7(3-11-12)2-8(9)5-10-6-8/h3-4,10H,2,5-6H2,1H3. The van der Waals surface area contributed by atoms with Gasteiger partial charge < -0.3 is 5.32 Å². The van der Waals surface area contributed by atoms with Gasteiger partial charge >= 0.3 is 0 Å². The number of aromatic nitrogens is 2. The van der Waals surface area contributed by atoms with Crippen molar-refractivity contribution in [3.8, 4) is 0 Å². The van der Waals surface area contributed by atoms with Gasteiger partial charge in [-0.05, 0) is 5.56 Å². The van der Waals surface area contributed by atoms with Crippen LogP contribution in [0.15, 0.2) is 12.4 Å². The minimum absolute atomic E-state index is 0.474. The second-order valence-corrected chi connectivity index (χ2v) is 3.45. The Morgan fingerprint density at radius 3 is 2.92 bits per heavy atom. The fourth-order valence-corrected chi connectivity index (χ4v) is 1.45. The Morgan fingerprint density at radius 1 is 1.75 bits per heavy atom. The van der Waals surface area contributed by atoms with Gasteiger partial charge in [0, 0.05) is 32.8 Å². The molecule has 1 N–H and O–H groups in total. The van der Waals surface area contributed by atoms with E-state index >= 15 is 0 Å². The SMILES string of the molecule is Cn1cc(CC2(F)CNC2)cn1. The van der Waals surface area contributed by atoms with E-state index in [2.05, 4.69) is 10.4 Å². The topological polar surface area (TPSA) is 29.9 Å². The first-order valence-corrected chi connectivity index (χ1v) is 4.05. The fraction of sp³-hybridized carbons (Fsp3) is 0.625. The molecule has 1 aliphatic heterocycles. The molecule has 2 heterocycles. The Bertz CT molecular complexity index is 278. The van der Waals surface area contributed by atoms with Crippen molar-refractivity contribution in [2.75, 3.05) is 13.1 Å². The van der Waals surface area contributed by atoms with Crippen LogP contribution in [0.2, 0.25) is 0 Å². The average Bonchev–Trinajstić information content (AvgIpc) is 2.32. The van der Waals surface area contributed by atoms with Crippen molar-refractivity contribution in [1.82, 2.24) is 15.1 Å². The van der Waals surface area contributed by atoms with Crippen LogP contribution in [0.25, 0.3) is 0 Å².